The van der Waals surface area contributed by atoms with Crippen LogP contribution >= 0.6 is 12.6 Å². The molecule has 0 aliphatic rings. The van der Waals surface area contributed by atoms with Gasteiger partial charge in [-0.1, -0.05) is 36.4 Å². The van der Waals surface area contributed by atoms with Gasteiger partial charge in [0.05, 0.1) is 5.69 Å². The molecular formula is C18H21N3O2S. The summed E-state index contributed by atoms with van der Waals surface area (Å²) < 4.78 is 0. The van der Waals surface area contributed by atoms with E-state index < -0.39 is 0 Å². The summed E-state index contributed by atoms with van der Waals surface area (Å²) in [5, 5.41) is 5.55. The van der Waals surface area contributed by atoms with Gasteiger partial charge in [0.25, 0.3) is 0 Å². The molecule has 2 rings (SSSR count). The Morgan fingerprint density at radius 3 is 2.42 bits per heavy atom. The topological polar surface area (TPSA) is 84.2 Å². The standard InChI is InChI=1S/C18H21N3O2S/c19-11-13-4-3-5-14(10-13)12-20-17(22)8-9-18(23)21-15-6-1-2-7-16(15)24/h1-7,10,24H,8-9,11-12,19H2,(H,20,22)(H,21,23). The van der Waals surface area contributed by atoms with E-state index in [1.807, 2.05) is 36.4 Å². The number of hydrogen-bond donors (Lipinski definition) is 4. The number of carbonyl (C=O) groups is 2. The van der Waals surface area contributed by atoms with Crippen molar-refractivity contribution in [2.45, 2.75) is 30.8 Å². The van der Waals surface area contributed by atoms with E-state index in [4.69, 9.17) is 5.73 Å². The maximum atomic E-state index is 11.9. The highest BCUT2D eigenvalue weighted by atomic mass is 32.1. The number of anilines is 1. The molecule has 0 saturated heterocycles. The molecule has 24 heavy (non-hydrogen) atoms. The smallest absolute Gasteiger partial charge is 0.224 e. The van der Waals surface area contributed by atoms with Gasteiger partial charge in [0.1, 0.15) is 0 Å². The summed E-state index contributed by atoms with van der Waals surface area (Å²) in [5.41, 5.74) is 8.24. The minimum Gasteiger partial charge on any atom is -0.352 e. The number of rotatable bonds is 7. The number of hydrogen-bond acceptors (Lipinski definition) is 4. The zero-order chi connectivity index (χ0) is 17.4. The molecule has 0 aliphatic carbocycles. The van der Waals surface area contributed by atoms with Crippen molar-refractivity contribution in [1.82, 2.24) is 5.32 Å². The lowest BCUT2D eigenvalue weighted by atomic mass is 10.1. The lowest BCUT2D eigenvalue weighted by Crippen LogP contribution is -2.24. The largest absolute Gasteiger partial charge is 0.352 e. The fourth-order valence-corrected chi connectivity index (χ4v) is 2.39. The third-order valence-corrected chi connectivity index (χ3v) is 3.86. The molecule has 0 atom stereocenters. The number of carbonyl (C=O) groups excluding carboxylic acids is 2. The SMILES string of the molecule is NCc1cccc(CNC(=O)CCC(=O)Nc2ccccc2S)c1. The van der Waals surface area contributed by atoms with E-state index in [0.717, 1.165) is 11.1 Å². The monoisotopic (exact) mass is 343 g/mol. The Bertz CT molecular complexity index is 719. The number of nitrogens with two attached hydrogens (primary N) is 1. The van der Waals surface area contributed by atoms with E-state index in [2.05, 4.69) is 23.3 Å². The summed E-state index contributed by atoms with van der Waals surface area (Å²) >= 11 is 4.27. The Balaban J connectivity index is 1.74. The molecule has 0 bridgehead atoms. The van der Waals surface area contributed by atoms with E-state index in [-0.39, 0.29) is 24.7 Å². The van der Waals surface area contributed by atoms with Gasteiger partial charge in [-0.15, -0.1) is 12.6 Å². The van der Waals surface area contributed by atoms with Crippen LogP contribution in [-0.4, -0.2) is 11.8 Å². The van der Waals surface area contributed by atoms with Crippen LogP contribution < -0.4 is 16.4 Å². The molecule has 0 fully saturated rings. The average molecular weight is 343 g/mol. The predicted molar refractivity (Wildman–Crippen MR) is 97.7 cm³/mol. The fraction of sp³-hybridized carbons (Fsp3) is 0.222. The molecule has 0 saturated carbocycles. The third kappa shape index (κ3) is 5.72. The normalized spacial score (nSPS) is 10.2. The van der Waals surface area contributed by atoms with Crippen molar-refractivity contribution in [3.8, 4) is 0 Å². The van der Waals surface area contributed by atoms with Crippen LogP contribution in [0.5, 0.6) is 0 Å². The zero-order valence-electron chi connectivity index (χ0n) is 13.3. The number of benzene rings is 2. The highest BCUT2D eigenvalue weighted by molar-refractivity contribution is 7.80. The first-order valence-electron chi connectivity index (χ1n) is 7.71. The molecule has 0 heterocycles. The van der Waals surface area contributed by atoms with Crippen molar-refractivity contribution >= 4 is 30.1 Å². The first-order valence-corrected chi connectivity index (χ1v) is 8.15. The maximum absolute atomic E-state index is 11.9. The number of thiol groups is 1. The summed E-state index contributed by atoms with van der Waals surface area (Å²) in [6.45, 7) is 0.891. The van der Waals surface area contributed by atoms with Crippen molar-refractivity contribution < 1.29 is 9.59 Å². The fourth-order valence-electron chi connectivity index (χ4n) is 2.17. The van der Waals surface area contributed by atoms with E-state index >= 15 is 0 Å². The molecule has 0 aliphatic heterocycles. The molecule has 5 nitrogen and oxygen atoms in total. The van der Waals surface area contributed by atoms with Crippen LogP contribution in [0.3, 0.4) is 0 Å². The molecule has 0 aromatic heterocycles. The van der Waals surface area contributed by atoms with E-state index in [9.17, 15) is 9.59 Å². The number of amides is 2. The van der Waals surface area contributed by atoms with Gasteiger partial charge in [0, 0.05) is 30.8 Å². The van der Waals surface area contributed by atoms with E-state index in [1.54, 1.807) is 12.1 Å². The van der Waals surface area contributed by atoms with Crippen LogP contribution in [0.15, 0.2) is 53.4 Å². The molecule has 4 N–H and O–H groups in total. The van der Waals surface area contributed by atoms with Crippen LogP contribution in [0.2, 0.25) is 0 Å². The van der Waals surface area contributed by atoms with Crippen LogP contribution in [0.1, 0.15) is 24.0 Å². The van der Waals surface area contributed by atoms with Crippen molar-refractivity contribution in [3.63, 3.8) is 0 Å². The van der Waals surface area contributed by atoms with Crippen LogP contribution in [0, 0.1) is 0 Å². The summed E-state index contributed by atoms with van der Waals surface area (Å²) in [4.78, 5) is 24.4. The van der Waals surface area contributed by atoms with Gasteiger partial charge in [0.2, 0.25) is 11.8 Å². The van der Waals surface area contributed by atoms with Gasteiger partial charge >= 0.3 is 0 Å². The Hall–Kier alpha value is -2.31. The van der Waals surface area contributed by atoms with Gasteiger partial charge in [0.15, 0.2) is 0 Å². The quantitative estimate of drug-likeness (QED) is 0.583. The van der Waals surface area contributed by atoms with Crippen LogP contribution in [0.25, 0.3) is 0 Å². The summed E-state index contributed by atoms with van der Waals surface area (Å²) in [7, 11) is 0. The van der Waals surface area contributed by atoms with Gasteiger partial charge in [-0.2, -0.15) is 0 Å². The molecule has 2 aromatic rings. The maximum Gasteiger partial charge on any atom is 0.224 e. The van der Waals surface area contributed by atoms with Gasteiger partial charge in [-0.05, 0) is 23.3 Å². The highest BCUT2D eigenvalue weighted by Gasteiger charge is 2.08. The van der Waals surface area contributed by atoms with Gasteiger partial charge in [-0.3, -0.25) is 9.59 Å². The predicted octanol–water partition coefficient (Wildman–Crippen LogP) is 2.47. The molecular weight excluding hydrogens is 322 g/mol. The second-order valence-electron chi connectivity index (χ2n) is 5.37. The Labute approximate surface area is 147 Å². The Morgan fingerprint density at radius 1 is 0.958 bits per heavy atom. The minimum absolute atomic E-state index is 0.122. The Morgan fingerprint density at radius 2 is 1.67 bits per heavy atom. The minimum atomic E-state index is -0.211. The van der Waals surface area contributed by atoms with Crippen molar-refractivity contribution in [2.24, 2.45) is 5.73 Å². The van der Waals surface area contributed by atoms with Crippen molar-refractivity contribution in [2.75, 3.05) is 5.32 Å². The summed E-state index contributed by atoms with van der Waals surface area (Å²) in [6.07, 6.45) is 0.258. The van der Waals surface area contributed by atoms with Crippen LogP contribution in [-0.2, 0) is 22.7 Å². The highest BCUT2D eigenvalue weighted by Crippen LogP contribution is 2.18. The first kappa shape index (κ1) is 18.0. The average Bonchev–Trinajstić information content (AvgIpc) is 2.60. The first-order chi connectivity index (χ1) is 11.6. The second kappa shape index (κ2) is 9.10. The lowest BCUT2D eigenvalue weighted by molar-refractivity contribution is -0.124. The molecule has 2 aromatic carbocycles. The van der Waals surface area contributed by atoms with Crippen molar-refractivity contribution in [1.29, 1.82) is 0 Å². The van der Waals surface area contributed by atoms with Gasteiger partial charge < -0.3 is 16.4 Å². The number of nitrogens with one attached hydrogen (secondary N) is 2. The lowest BCUT2D eigenvalue weighted by Gasteiger charge is -2.08. The number of para-hydroxylation sites is 1. The molecule has 0 spiro atoms. The Kier molecular flexibility index (Phi) is 6.84. The second-order valence-corrected chi connectivity index (χ2v) is 5.85. The molecule has 0 radical (unpaired) electrons. The molecule has 126 valence electrons. The third-order valence-electron chi connectivity index (χ3n) is 3.47. The van der Waals surface area contributed by atoms with E-state index in [1.165, 1.54) is 0 Å². The summed E-state index contributed by atoms with van der Waals surface area (Å²) in [5.74, 6) is -0.376. The van der Waals surface area contributed by atoms with Crippen LogP contribution in [0.4, 0.5) is 5.69 Å². The molecule has 0 unspecified atom stereocenters. The van der Waals surface area contributed by atoms with Gasteiger partial charge in [-0.25, -0.2) is 0 Å². The summed E-state index contributed by atoms with van der Waals surface area (Å²) in [6, 6.07) is 14.9. The zero-order valence-corrected chi connectivity index (χ0v) is 14.2. The van der Waals surface area contributed by atoms with Crippen molar-refractivity contribution in [3.05, 3.63) is 59.7 Å². The molecule has 2 amide bonds. The molecule has 6 heteroatoms. The van der Waals surface area contributed by atoms with E-state index in [0.29, 0.717) is 23.7 Å².